The van der Waals surface area contributed by atoms with Crippen molar-refractivity contribution in [2.45, 2.75) is 40.7 Å². The van der Waals surface area contributed by atoms with E-state index in [0.717, 1.165) is 44.3 Å². The number of benzene rings is 3. The van der Waals surface area contributed by atoms with Crippen LogP contribution in [0.1, 0.15) is 43.9 Å². The lowest BCUT2D eigenvalue weighted by atomic mass is 9.91. The number of aryl methyl sites for hydroxylation is 1. The van der Waals surface area contributed by atoms with E-state index in [0.29, 0.717) is 18.8 Å². The fourth-order valence-corrected chi connectivity index (χ4v) is 4.56. The third-order valence-electron chi connectivity index (χ3n) is 6.44. The Morgan fingerprint density at radius 2 is 1.74 bits per heavy atom. The molecule has 1 aromatic heterocycles. The van der Waals surface area contributed by atoms with E-state index >= 15 is 0 Å². The summed E-state index contributed by atoms with van der Waals surface area (Å²) in [6.45, 7) is 8.68. The van der Waals surface area contributed by atoms with Crippen molar-refractivity contribution in [1.29, 1.82) is 0 Å². The molecule has 0 atom stereocenters. The standard InChI is InChI=1S/C33H36N2O3/c1-23-19-27(13-15-30(23)38-5)26-11-8-25(9-12-26)22-35(31(37)21-33(2,3)4)32-29-14-10-24(7-6-18-36)20-28(29)16-17-34-32/h6-17,19-20,36H,18,21-22H2,1-5H3/b7-6-. The minimum Gasteiger partial charge on any atom is -0.496 e. The molecular weight excluding hydrogens is 472 g/mol. The fraction of sp³-hybridized carbons (Fsp3) is 0.273. The molecule has 5 heteroatoms. The number of fused-ring (bicyclic) bond motifs is 1. The van der Waals surface area contributed by atoms with Crippen LogP contribution < -0.4 is 9.64 Å². The summed E-state index contributed by atoms with van der Waals surface area (Å²) < 4.78 is 5.40. The lowest BCUT2D eigenvalue weighted by Gasteiger charge is -2.27. The quantitative estimate of drug-likeness (QED) is 0.273. The Bertz CT molecular complexity index is 1450. The predicted molar refractivity (Wildman–Crippen MR) is 156 cm³/mol. The Balaban J connectivity index is 1.68. The first-order valence-corrected chi connectivity index (χ1v) is 12.9. The summed E-state index contributed by atoms with van der Waals surface area (Å²) in [7, 11) is 1.68. The molecule has 0 aliphatic heterocycles. The van der Waals surface area contributed by atoms with E-state index in [-0.39, 0.29) is 17.9 Å². The van der Waals surface area contributed by atoms with Crippen molar-refractivity contribution < 1.29 is 14.6 Å². The van der Waals surface area contributed by atoms with Gasteiger partial charge in [0.2, 0.25) is 5.91 Å². The first kappa shape index (κ1) is 27.1. The Morgan fingerprint density at radius 1 is 1.00 bits per heavy atom. The van der Waals surface area contributed by atoms with Crippen molar-refractivity contribution in [2.75, 3.05) is 18.6 Å². The number of pyridine rings is 1. The van der Waals surface area contributed by atoms with Gasteiger partial charge in [0, 0.05) is 18.0 Å². The van der Waals surface area contributed by atoms with Gasteiger partial charge in [-0.2, -0.15) is 0 Å². The number of carbonyl (C=O) groups is 1. The van der Waals surface area contributed by atoms with Crippen molar-refractivity contribution in [3.05, 3.63) is 95.7 Å². The van der Waals surface area contributed by atoms with E-state index in [9.17, 15) is 4.79 Å². The molecule has 4 aromatic rings. The molecule has 38 heavy (non-hydrogen) atoms. The zero-order chi connectivity index (χ0) is 27.3. The number of anilines is 1. The minimum absolute atomic E-state index is 0.00836. The van der Waals surface area contributed by atoms with E-state index in [4.69, 9.17) is 9.84 Å². The molecular formula is C33H36N2O3. The number of aliphatic hydroxyl groups excluding tert-OH is 1. The zero-order valence-corrected chi connectivity index (χ0v) is 22.9. The molecule has 3 aromatic carbocycles. The van der Waals surface area contributed by atoms with Crippen LogP contribution in [0.25, 0.3) is 28.0 Å². The molecule has 1 N–H and O–H groups in total. The molecule has 5 nitrogen and oxygen atoms in total. The third-order valence-corrected chi connectivity index (χ3v) is 6.44. The maximum atomic E-state index is 13.6. The van der Waals surface area contributed by atoms with E-state index in [1.165, 1.54) is 0 Å². The number of methoxy groups -OCH3 is 1. The van der Waals surface area contributed by atoms with Gasteiger partial charge in [-0.25, -0.2) is 4.98 Å². The second-order valence-corrected chi connectivity index (χ2v) is 10.8. The highest BCUT2D eigenvalue weighted by Crippen LogP contribution is 2.31. The van der Waals surface area contributed by atoms with Crippen LogP contribution in [0.3, 0.4) is 0 Å². The van der Waals surface area contributed by atoms with Crippen molar-refractivity contribution in [3.8, 4) is 16.9 Å². The summed E-state index contributed by atoms with van der Waals surface area (Å²) >= 11 is 0. The number of ether oxygens (including phenoxy) is 1. The smallest absolute Gasteiger partial charge is 0.229 e. The van der Waals surface area contributed by atoms with E-state index < -0.39 is 0 Å². The molecule has 0 fully saturated rings. The summed E-state index contributed by atoms with van der Waals surface area (Å²) in [5, 5.41) is 11.0. The van der Waals surface area contributed by atoms with Crippen LogP contribution in [0, 0.1) is 12.3 Å². The van der Waals surface area contributed by atoms with Gasteiger partial charge in [0.15, 0.2) is 0 Å². The second kappa shape index (κ2) is 11.6. The highest BCUT2D eigenvalue weighted by molar-refractivity contribution is 6.02. The molecule has 1 amide bonds. The average molecular weight is 509 g/mol. The first-order chi connectivity index (χ1) is 18.2. The van der Waals surface area contributed by atoms with Gasteiger partial charge in [-0.1, -0.05) is 75.4 Å². The molecule has 0 spiro atoms. The van der Waals surface area contributed by atoms with Gasteiger partial charge in [-0.3, -0.25) is 9.69 Å². The van der Waals surface area contributed by atoms with Gasteiger partial charge in [0.05, 0.1) is 20.3 Å². The molecule has 0 aliphatic rings. The monoisotopic (exact) mass is 508 g/mol. The number of hydrogen-bond donors (Lipinski definition) is 1. The lowest BCUT2D eigenvalue weighted by Crippen LogP contribution is -2.34. The molecule has 0 saturated carbocycles. The van der Waals surface area contributed by atoms with Gasteiger partial charge < -0.3 is 9.84 Å². The number of aliphatic hydroxyl groups is 1. The number of aromatic nitrogens is 1. The highest BCUT2D eigenvalue weighted by Gasteiger charge is 2.25. The lowest BCUT2D eigenvalue weighted by molar-refractivity contribution is -0.120. The van der Waals surface area contributed by atoms with Crippen LogP contribution in [0.4, 0.5) is 5.82 Å². The Labute approximate surface area is 225 Å². The van der Waals surface area contributed by atoms with Gasteiger partial charge in [0.1, 0.15) is 11.6 Å². The Morgan fingerprint density at radius 3 is 2.39 bits per heavy atom. The van der Waals surface area contributed by atoms with Crippen LogP contribution in [-0.2, 0) is 11.3 Å². The maximum absolute atomic E-state index is 13.6. The molecule has 0 aliphatic carbocycles. The highest BCUT2D eigenvalue weighted by atomic mass is 16.5. The van der Waals surface area contributed by atoms with Crippen LogP contribution in [-0.4, -0.2) is 29.7 Å². The van der Waals surface area contributed by atoms with Crippen molar-refractivity contribution in [3.63, 3.8) is 0 Å². The molecule has 196 valence electrons. The largest absolute Gasteiger partial charge is 0.496 e. The Hall–Kier alpha value is -3.96. The summed E-state index contributed by atoms with van der Waals surface area (Å²) in [5.74, 6) is 1.57. The summed E-state index contributed by atoms with van der Waals surface area (Å²) in [6, 6.07) is 22.5. The average Bonchev–Trinajstić information content (AvgIpc) is 2.89. The van der Waals surface area contributed by atoms with Crippen molar-refractivity contribution >= 4 is 28.6 Å². The predicted octanol–water partition coefficient (Wildman–Crippen LogP) is 7.19. The summed E-state index contributed by atoms with van der Waals surface area (Å²) in [4.78, 5) is 20.1. The van der Waals surface area contributed by atoms with Crippen molar-refractivity contribution in [1.82, 2.24) is 4.98 Å². The number of hydrogen-bond acceptors (Lipinski definition) is 4. The van der Waals surface area contributed by atoms with Crippen LogP contribution in [0.5, 0.6) is 5.75 Å². The van der Waals surface area contributed by atoms with Gasteiger partial charge >= 0.3 is 0 Å². The number of amides is 1. The molecule has 0 unspecified atom stereocenters. The molecule has 0 saturated heterocycles. The van der Waals surface area contributed by atoms with E-state index in [2.05, 4.69) is 62.2 Å². The van der Waals surface area contributed by atoms with Gasteiger partial charge in [-0.15, -0.1) is 0 Å². The SMILES string of the molecule is COc1ccc(-c2ccc(CN(C(=O)CC(C)(C)C)c3nccc4cc(/C=C\CO)ccc34)cc2)cc1C. The molecule has 0 radical (unpaired) electrons. The second-order valence-electron chi connectivity index (χ2n) is 10.8. The topological polar surface area (TPSA) is 62.7 Å². The summed E-state index contributed by atoms with van der Waals surface area (Å²) in [5.41, 5.74) is 5.18. The first-order valence-electron chi connectivity index (χ1n) is 12.9. The Kier molecular flexibility index (Phi) is 8.28. The van der Waals surface area contributed by atoms with E-state index in [1.54, 1.807) is 19.4 Å². The van der Waals surface area contributed by atoms with Gasteiger partial charge in [-0.05, 0) is 69.8 Å². The van der Waals surface area contributed by atoms with Crippen LogP contribution in [0.15, 0.2) is 79.0 Å². The normalized spacial score (nSPS) is 11.7. The summed E-state index contributed by atoms with van der Waals surface area (Å²) in [6.07, 6.45) is 5.75. The van der Waals surface area contributed by atoms with Crippen molar-refractivity contribution in [2.24, 2.45) is 5.41 Å². The van der Waals surface area contributed by atoms with Gasteiger partial charge in [0.25, 0.3) is 0 Å². The number of nitrogens with zero attached hydrogens (tertiary/aromatic N) is 2. The molecule has 4 rings (SSSR count). The molecule has 1 heterocycles. The number of carbonyl (C=O) groups excluding carboxylic acids is 1. The van der Waals surface area contributed by atoms with Crippen LogP contribution >= 0.6 is 0 Å². The zero-order valence-electron chi connectivity index (χ0n) is 22.9. The minimum atomic E-state index is -0.155. The fourth-order valence-electron chi connectivity index (χ4n) is 4.56. The third kappa shape index (κ3) is 6.48. The van der Waals surface area contributed by atoms with Crippen LogP contribution in [0.2, 0.25) is 0 Å². The number of rotatable bonds is 8. The van der Waals surface area contributed by atoms with E-state index in [1.807, 2.05) is 48.2 Å². The maximum Gasteiger partial charge on any atom is 0.229 e. The molecule has 0 bridgehead atoms.